The van der Waals surface area contributed by atoms with E-state index in [1.54, 1.807) is 6.08 Å². The van der Waals surface area contributed by atoms with Gasteiger partial charge in [-0.15, -0.1) is 0 Å². The van der Waals surface area contributed by atoms with Gasteiger partial charge in [-0.2, -0.15) is 4.99 Å². The SMILES string of the molecule is Cc1c(C(C)N=C=O)oc2ccccc12. The second kappa shape index (κ2) is 3.71. The van der Waals surface area contributed by atoms with Crippen LogP contribution >= 0.6 is 0 Å². The Labute approximate surface area is 87.4 Å². The van der Waals surface area contributed by atoms with Crippen molar-refractivity contribution in [3.63, 3.8) is 0 Å². The lowest BCUT2D eigenvalue weighted by Gasteiger charge is -1.99. The summed E-state index contributed by atoms with van der Waals surface area (Å²) in [5.74, 6) is 0.736. The van der Waals surface area contributed by atoms with Crippen LogP contribution in [0.2, 0.25) is 0 Å². The third kappa shape index (κ3) is 1.58. The fourth-order valence-corrected chi connectivity index (χ4v) is 1.73. The molecule has 1 heterocycles. The lowest BCUT2D eigenvalue weighted by Crippen LogP contribution is -1.88. The van der Waals surface area contributed by atoms with Gasteiger partial charge in [0, 0.05) is 10.9 Å². The third-order valence-electron chi connectivity index (χ3n) is 2.51. The number of furan rings is 1. The molecule has 0 bridgehead atoms. The van der Waals surface area contributed by atoms with Crippen LogP contribution in [0.5, 0.6) is 0 Å². The largest absolute Gasteiger partial charge is 0.458 e. The standard InChI is InChI=1S/C12H11NO2/c1-8-10-5-3-4-6-11(10)15-12(8)9(2)13-7-14/h3-6,9H,1-2H3. The van der Waals surface area contributed by atoms with Crippen molar-refractivity contribution in [1.82, 2.24) is 0 Å². The fraction of sp³-hybridized carbons (Fsp3) is 0.250. The van der Waals surface area contributed by atoms with E-state index in [2.05, 4.69) is 4.99 Å². The van der Waals surface area contributed by atoms with Crippen LogP contribution in [0.1, 0.15) is 24.3 Å². The molecule has 0 aliphatic carbocycles. The van der Waals surface area contributed by atoms with E-state index in [0.29, 0.717) is 0 Å². The van der Waals surface area contributed by atoms with Gasteiger partial charge in [-0.1, -0.05) is 18.2 Å². The highest BCUT2D eigenvalue weighted by Gasteiger charge is 2.15. The van der Waals surface area contributed by atoms with Gasteiger partial charge in [0.15, 0.2) is 0 Å². The Hall–Kier alpha value is -1.86. The first-order valence-corrected chi connectivity index (χ1v) is 4.79. The lowest BCUT2D eigenvalue weighted by molar-refractivity contribution is 0.503. The number of benzene rings is 1. The van der Waals surface area contributed by atoms with Gasteiger partial charge in [0.25, 0.3) is 0 Å². The van der Waals surface area contributed by atoms with Crippen LogP contribution in [-0.4, -0.2) is 6.08 Å². The van der Waals surface area contributed by atoms with Gasteiger partial charge in [-0.3, -0.25) is 0 Å². The van der Waals surface area contributed by atoms with E-state index in [4.69, 9.17) is 4.42 Å². The van der Waals surface area contributed by atoms with Crippen molar-refractivity contribution in [2.75, 3.05) is 0 Å². The Kier molecular flexibility index (Phi) is 2.40. The average Bonchev–Trinajstić information content (AvgIpc) is 2.57. The number of para-hydroxylation sites is 1. The predicted octanol–water partition coefficient (Wildman–Crippen LogP) is 3.14. The monoisotopic (exact) mass is 201 g/mol. The second-order valence-corrected chi connectivity index (χ2v) is 3.48. The van der Waals surface area contributed by atoms with Crippen molar-refractivity contribution in [1.29, 1.82) is 0 Å². The van der Waals surface area contributed by atoms with Gasteiger partial charge >= 0.3 is 0 Å². The smallest absolute Gasteiger partial charge is 0.235 e. The molecular weight excluding hydrogens is 190 g/mol. The maximum absolute atomic E-state index is 10.2. The Bertz CT molecular complexity index is 536. The molecule has 0 aliphatic rings. The van der Waals surface area contributed by atoms with Crippen LogP contribution in [0.4, 0.5) is 0 Å². The van der Waals surface area contributed by atoms with E-state index in [1.165, 1.54) is 0 Å². The summed E-state index contributed by atoms with van der Waals surface area (Å²) in [4.78, 5) is 13.8. The quantitative estimate of drug-likeness (QED) is 0.553. The minimum absolute atomic E-state index is 0.269. The molecule has 0 aliphatic heterocycles. The van der Waals surface area contributed by atoms with Crippen LogP contribution in [-0.2, 0) is 4.79 Å². The highest BCUT2D eigenvalue weighted by atomic mass is 16.3. The maximum Gasteiger partial charge on any atom is 0.235 e. The Morgan fingerprint density at radius 1 is 1.40 bits per heavy atom. The molecule has 0 fully saturated rings. The molecule has 1 atom stereocenters. The molecule has 0 saturated heterocycles. The van der Waals surface area contributed by atoms with Crippen molar-refractivity contribution in [2.24, 2.45) is 4.99 Å². The molecule has 1 unspecified atom stereocenters. The van der Waals surface area contributed by atoms with Crippen LogP contribution < -0.4 is 0 Å². The lowest BCUT2D eigenvalue weighted by atomic mass is 10.1. The topological polar surface area (TPSA) is 42.6 Å². The minimum Gasteiger partial charge on any atom is -0.458 e. The van der Waals surface area contributed by atoms with Crippen molar-refractivity contribution in [2.45, 2.75) is 19.9 Å². The summed E-state index contributed by atoms with van der Waals surface area (Å²) in [6.07, 6.45) is 1.55. The Morgan fingerprint density at radius 3 is 2.80 bits per heavy atom. The summed E-state index contributed by atoms with van der Waals surface area (Å²) in [6.45, 7) is 3.79. The predicted molar refractivity (Wildman–Crippen MR) is 57.5 cm³/mol. The third-order valence-corrected chi connectivity index (χ3v) is 2.51. The first kappa shape index (κ1) is 9.69. The number of hydrogen-bond donors (Lipinski definition) is 0. The highest BCUT2D eigenvalue weighted by molar-refractivity contribution is 5.82. The van der Waals surface area contributed by atoms with Crippen molar-refractivity contribution in [3.8, 4) is 0 Å². The number of rotatable bonds is 2. The number of carbonyl (C=O) groups excluding carboxylic acids is 1. The molecule has 0 spiro atoms. The molecule has 0 radical (unpaired) electrons. The summed E-state index contributed by atoms with van der Waals surface area (Å²) >= 11 is 0. The summed E-state index contributed by atoms with van der Waals surface area (Å²) in [5.41, 5.74) is 1.87. The van der Waals surface area contributed by atoms with E-state index < -0.39 is 0 Å². The van der Waals surface area contributed by atoms with Crippen molar-refractivity contribution >= 4 is 17.0 Å². The van der Waals surface area contributed by atoms with Crippen LogP contribution in [0.3, 0.4) is 0 Å². The van der Waals surface area contributed by atoms with Gasteiger partial charge in [-0.05, 0) is 19.9 Å². The van der Waals surface area contributed by atoms with Gasteiger partial charge < -0.3 is 4.42 Å². The second-order valence-electron chi connectivity index (χ2n) is 3.48. The normalized spacial score (nSPS) is 12.4. The molecule has 0 N–H and O–H groups in total. The molecule has 15 heavy (non-hydrogen) atoms. The number of nitrogens with zero attached hydrogens (tertiary/aromatic N) is 1. The number of isocyanates is 1. The first-order valence-electron chi connectivity index (χ1n) is 4.79. The zero-order valence-electron chi connectivity index (χ0n) is 8.65. The number of fused-ring (bicyclic) bond motifs is 1. The van der Waals surface area contributed by atoms with Crippen molar-refractivity contribution in [3.05, 3.63) is 35.6 Å². The highest BCUT2D eigenvalue weighted by Crippen LogP contribution is 2.30. The van der Waals surface area contributed by atoms with Gasteiger partial charge in [0.2, 0.25) is 6.08 Å². The van der Waals surface area contributed by atoms with E-state index in [1.807, 2.05) is 38.1 Å². The fourth-order valence-electron chi connectivity index (χ4n) is 1.73. The number of aryl methyl sites for hydroxylation is 1. The molecule has 1 aromatic heterocycles. The molecule has 2 rings (SSSR count). The average molecular weight is 201 g/mol. The van der Waals surface area contributed by atoms with E-state index in [0.717, 1.165) is 22.3 Å². The molecule has 0 saturated carbocycles. The number of aliphatic imine (C=N–C) groups is 1. The summed E-state index contributed by atoms with van der Waals surface area (Å²) in [6, 6.07) is 7.51. The zero-order valence-corrected chi connectivity index (χ0v) is 8.65. The van der Waals surface area contributed by atoms with Gasteiger partial charge in [-0.25, -0.2) is 4.79 Å². The molecule has 3 heteroatoms. The maximum atomic E-state index is 10.2. The molecular formula is C12H11NO2. The summed E-state index contributed by atoms with van der Waals surface area (Å²) < 4.78 is 5.64. The zero-order chi connectivity index (χ0) is 10.8. The van der Waals surface area contributed by atoms with Crippen LogP contribution in [0.25, 0.3) is 11.0 Å². The summed E-state index contributed by atoms with van der Waals surface area (Å²) in [5, 5.41) is 1.07. The molecule has 0 amide bonds. The Morgan fingerprint density at radius 2 is 2.13 bits per heavy atom. The molecule has 76 valence electrons. The molecule has 2 aromatic rings. The van der Waals surface area contributed by atoms with E-state index in [9.17, 15) is 4.79 Å². The van der Waals surface area contributed by atoms with E-state index >= 15 is 0 Å². The minimum atomic E-state index is -0.269. The van der Waals surface area contributed by atoms with E-state index in [-0.39, 0.29) is 6.04 Å². The number of hydrogen-bond acceptors (Lipinski definition) is 3. The van der Waals surface area contributed by atoms with Gasteiger partial charge in [0.05, 0.1) is 0 Å². The van der Waals surface area contributed by atoms with Gasteiger partial charge in [0.1, 0.15) is 17.4 Å². The van der Waals surface area contributed by atoms with Crippen LogP contribution in [0.15, 0.2) is 33.7 Å². The van der Waals surface area contributed by atoms with Crippen LogP contribution in [0, 0.1) is 6.92 Å². The molecule has 1 aromatic carbocycles. The Balaban J connectivity index is 2.62. The van der Waals surface area contributed by atoms with Crippen molar-refractivity contribution < 1.29 is 9.21 Å². The summed E-state index contributed by atoms with van der Waals surface area (Å²) in [7, 11) is 0. The molecule has 3 nitrogen and oxygen atoms in total. The first-order chi connectivity index (χ1) is 7.24.